The smallest absolute Gasteiger partial charge is 0.262 e. The summed E-state index contributed by atoms with van der Waals surface area (Å²) in [7, 11) is -3.91. The lowest BCUT2D eigenvalue weighted by Gasteiger charge is -2.13. The molecule has 164 valence electrons. The van der Waals surface area contributed by atoms with Gasteiger partial charge >= 0.3 is 0 Å². The predicted octanol–water partition coefficient (Wildman–Crippen LogP) is 5.35. The molecular formula is C22H18ClN3O4S2. The molecule has 0 spiro atoms. The molecule has 4 rings (SSSR count). The molecule has 0 bridgehead atoms. The second-order valence-corrected chi connectivity index (χ2v) is 9.83. The van der Waals surface area contributed by atoms with Gasteiger partial charge in [0, 0.05) is 11.1 Å². The van der Waals surface area contributed by atoms with E-state index in [4.69, 9.17) is 16.0 Å². The van der Waals surface area contributed by atoms with Crippen LogP contribution in [0, 0.1) is 6.92 Å². The number of sulfonamides is 1. The van der Waals surface area contributed by atoms with E-state index in [-0.39, 0.29) is 27.9 Å². The fourth-order valence-corrected chi connectivity index (χ4v) is 5.36. The van der Waals surface area contributed by atoms with Crippen LogP contribution in [-0.4, -0.2) is 19.3 Å². The fraction of sp³-hybridized carbons (Fsp3) is 0.0909. The van der Waals surface area contributed by atoms with Crippen LogP contribution in [-0.2, 0) is 21.2 Å². The van der Waals surface area contributed by atoms with Crippen LogP contribution >= 0.6 is 22.9 Å². The Morgan fingerprint density at radius 3 is 2.72 bits per heavy atom. The van der Waals surface area contributed by atoms with Gasteiger partial charge < -0.3 is 9.73 Å². The van der Waals surface area contributed by atoms with Crippen molar-refractivity contribution in [3.63, 3.8) is 0 Å². The van der Waals surface area contributed by atoms with Crippen LogP contribution in [0.4, 0.5) is 11.4 Å². The van der Waals surface area contributed by atoms with Crippen LogP contribution in [0.3, 0.4) is 0 Å². The first kappa shape index (κ1) is 22.1. The van der Waals surface area contributed by atoms with Crippen molar-refractivity contribution in [2.75, 3.05) is 10.0 Å². The quantitative estimate of drug-likeness (QED) is 0.366. The first-order valence-corrected chi connectivity index (χ1v) is 12.2. The molecule has 2 N–H and O–H groups in total. The van der Waals surface area contributed by atoms with E-state index in [9.17, 15) is 13.2 Å². The number of carbonyl (C=O) groups excluding carboxylic acids is 1. The van der Waals surface area contributed by atoms with E-state index in [1.54, 1.807) is 67.1 Å². The molecule has 0 aliphatic heterocycles. The minimum Gasteiger partial charge on any atom is -0.462 e. The van der Waals surface area contributed by atoms with E-state index in [0.717, 1.165) is 0 Å². The van der Waals surface area contributed by atoms with Crippen molar-refractivity contribution < 1.29 is 17.6 Å². The minimum atomic E-state index is -3.91. The number of furan rings is 1. The van der Waals surface area contributed by atoms with Gasteiger partial charge in [0.05, 0.1) is 34.0 Å². The van der Waals surface area contributed by atoms with Crippen LogP contribution in [0.5, 0.6) is 0 Å². The number of amides is 1. The number of thiazole rings is 1. The SMILES string of the molecule is Cc1ccc(NC(=O)Cc2csc(-c3ccco3)n2)cc1S(=O)(=O)Nc1ccccc1Cl. The number of halogens is 1. The Bertz CT molecular complexity index is 1370. The zero-order chi connectivity index (χ0) is 22.7. The van der Waals surface area contributed by atoms with Crippen molar-refractivity contribution in [1.82, 2.24) is 4.98 Å². The number of hydrogen-bond acceptors (Lipinski definition) is 6. The van der Waals surface area contributed by atoms with Gasteiger partial charge in [0.2, 0.25) is 5.91 Å². The summed E-state index contributed by atoms with van der Waals surface area (Å²) in [6.45, 7) is 1.68. The summed E-state index contributed by atoms with van der Waals surface area (Å²) in [6.07, 6.45) is 1.61. The molecule has 2 heterocycles. The summed E-state index contributed by atoms with van der Waals surface area (Å²) in [4.78, 5) is 17.0. The number of rotatable bonds is 7. The molecule has 0 saturated heterocycles. The van der Waals surface area contributed by atoms with Gasteiger partial charge in [-0.1, -0.05) is 29.8 Å². The van der Waals surface area contributed by atoms with Gasteiger partial charge in [-0.25, -0.2) is 13.4 Å². The van der Waals surface area contributed by atoms with Crippen molar-refractivity contribution in [3.8, 4) is 10.8 Å². The third kappa shape index (κ3) is 5.01. The van der Waals surface area contributed by atoms with Gasteiger partial charge in [-0.05, 0) is 48.9 Å². The number of aromatic nitrogens is 1. The summed E-state index contributed by atoms with van der Waals surface area (Å²) < 4.78 is 33.6. The summed E-state index contributed by atoms with van der Waals surface area (Å²) in [5.74, 6) is 0.327. The number of para-hydroxylation sites is 1. The number of anilines is 2. The standard InChI is InChI=1S/C22H18ClN3O4S2/c1-14-8-9-15(11-20(14)32(28,29)26-18-6-3-2-5-17(18)23)24-21(27)12-16-13-31-22(25-16)19-7-4-10-30-19/h2-11,13,26H,12H2,1H3,(H,24,27). The Morgan fingerprint density at radius 2 is 1.97 bits per heavy atom. The lowest BCUT2D eigenvalue weighted by atomic mass is 10.2. The molecule has 2 aromatic heterocycles. The second-order valence-electron chi connectivity index (χ2n) is 6.91. The Labute approximate surface area is 194 Å². The number of carbonyl (C=O) groups is 1. The van der Waals surface area contributed by atoms with Crippen molar-refractivity contribution in [2.45, 2.75) is 18.2 Å². The Morgan fingerprint density at radius 1 is 1.16 bits per heavy atom. The zero-order valence-electron chi connectivity index (χ0n) is 16.8. The van der Waals surface area contributed by atoms with Gasteiger partial charge in [0.15, 0.2) is 10.8 Å². The fourth-order valence-electron chi connectivity index (χ4n) is 2.98. The Hall–Kier alpha value is -3.14. The summed E-state index contributed by atoms with van der Waals surface area (Å²) >= 11 is 7.46. The largest absolute Gasteiger partial charge is 0.462 e. The number of aryl methyl sites for hydroxylation is 1. The van der Waals surface area contributed by atoms with Crippen LogP contribution in [0.2, 0.25) is 5.02 Å². The lowest BCUT2D eigenvalue weighted by Crippen LogP contribution is -2.17. The van der Waals surface area contributed by atoms with E-state index in [1.165, 1.54) is 17.4 Å². The van der Waals surface area contributed by atoms with Gasteiger partial charge in [0.1, 0.15) is 0 Å². The van der Waals surface area contributed by atoms with Crippen LogP contribution in [0.25, 0.3) is 10.8 Å². The zero-order valence-corrected chi connectivity index (χ0v) is 19.2. The molecule has 0 aliphatic rings. The summed E-state index contributed by atoms with van der Waals surface area (Å²) in [5, 5.41) is 5.50. The Balaban J connectivity index is 1.49. The number of benzene rings is 2. The van der Waals surface area contributed by atoms with Gasteiger partial charge in [-0.3, -0.25) is 9.52 Å². The van der Waals surface area contributed by atoms with E-state index in [0.29, 0.717) is 27.7 Å². The van der Waals surface area contributed by atoms with E-state index in [1.807, 2.05) is 0 Å². The predicted molar refractivity (Wildman–Crippen MR) is 126 cm³/mol. The van der Waals surface area contributed by atoms with Gasteiger partial charge in [-0.15, -0.1) is 11.3 Å². The van der Waals surface area contributed by atoms with Crippen LogP contribution in [0.1, 0.15) is 11.3 Å². The van der Waals surface area contributed by atoms with E-state index < -0.39 is 10.0 Å². The minimum absolute atomic E-state index is 0.0454. The molecule has 0 unspecified atom stereocenters. The van der Waals surface area contributed by atoms with Gasteiger partial charge in [0.25, 0.3) is 10.0 Å². The Kier molecular flexibility index (Phi) is 6.31. The molecule has 10 heteroatoms. The van der Waals surface area contributed by atoms with Crippen LogP contribution < -0.4 is 10.0 Å². The van der Waals surface area contributed by atoms with Crippen molar-refractivity contribution in [2.24, 2.45) is 0 Å². The highest BCUT2D eigenvalue weighted by molar-refractivity contribution is 7.92. The van der Waals surface area contributed by atoms with Crippen molar-refractivity contribution in [1.29, 1.82) is 0 Å². The molecule has 1 amide bonds. The molecule has 32 heavy (non-hydrogen) atoms. The molecule has 0 saturated carbocycles. The average Bonchev–Trinajstić information content (AvgIpc) is 3.43. The maximum atomic E-state index is 12.9. The monoisotopic (exact) mass is 487 g/mol. The number of nitrogens with zero attached hydrogens (tertiary/aromatic N) is 1. The van der Waals surface area contributed by atoms with Crippen molar-refractivity contribution in [3.05, 3.63) is 82.5 Å². The molecule has 4 aromatic rings. The molecule has 0 radical (unpaired) electrons. The maximum absolute atomic E-state index is 12.9. The van der Waals surface area contributed by atoms with Gasteiger partial charge in [-0.2, -0.15) is 0 Å². The van der Waals surface area contributed by atoms with Crippen LogP contribution in [0.15, 0.2) is 75.6 Å². The molecule has 0 fully saturated rings. The molecule has 2 aromatic carbocycles. The highest BCUT2D eigenvalue weighted by Crippen LogP contribution is 2.27. The summed E-state index contributed by atoms with van der Waals surface area (Å²) in [6, 6.07) is 14.8. The number of nitrogens with one attached hydrogen (secondary N) is 2. The second kappa shape index (κ2) is 9.15. The highest BCUT2D eigenvalue weighted by atomic mass is 35.5. The first-order chi connectivity index (χ1) is 15.3. The van der Waals surface area contributed by atoms with E-state index >= 15 is 0 Å². The number of hydrogen-bond donors (Lipinski definition) is 2. The molecular weight excluding hydrogens is 470 g/mol. The molecule has 0 aliphatic carbocycles. The molecule has 7 nitrogen and oxygen atoms in total. The molecule has 0 atom stereocenters. The maximum Gasteiger partial charge on any atom is 0.262 e. The average molecular weight is 488 g/mol. The topological polar surface area (TPSA) is 101 Å². The third-order valence-corrected chi connectivity index (χ3v) is 7.25. The highest BCUT2D eigenvalue weighted by Gasteiger charge is 2.19. The lowest BCUT2D eigenvalue weighted by molar-refractivity contribution is -0.115. The first-order valence-electron chi connectivity index (χ1n) is 9.48. The third-order valence-electron chi connectivity index (χ3n) is 4.50. The summed E-state index contributed by atoms with van der Waals surface area (Å²) in [5.41, 5.74) is 1.77. The van der Waals surface area contributed by atoms with E-state index in [2.05, 4.69) is 15.0 Å². The normalized spacial score (nSPS) is 11.3. The van der Waals surface area contributed by atoms with Crippen molar-refractivity contribution >= 4 is 50.2 Å².